The molecule has 128 valence electrons. The van der Waals surface area contributed by atoms with Gasteiger partial charge in [-0.2, -0.15) is 0 Å². The first kappa shape index (κ1) is 15.9. The highest BCUT2D eigenvalue weighted by Gasteiger charge is 2.23. The summed E-state index contributed by atoms with van der Waals surface area (Å²) in [4.78, 5) is 27.9. The Morgan fingerprint density at radius 1 is 1.12 bits per heavy atom. The fourth-order valence-electron chi connectivity index (χ4n) is 3.89. The number of carbonyl (C=O) groups excluding carboxylic acids is 1. The van der Waals surface area contributed by atoms with Gasteiger partial charge in [0.2, 0.25) is 0 Å². The van der Waals surface area contributed by atoms with Crippen molar-refractivity contribution in [1.82, 2.24) is 9.47 Å². The topological polar surface area (TPSA) is 42.3 Å². The van der Waals surface area contributed by atoms with Crippen LogP contribution in [0.5, 0.6) is 0 Å². The van der Waals surface area contributed by atoms with Crippen LogP contribution in [-0.2, 0) is 12.8 Å². The van der Waals surface area contributed by atoms with Crippen molar-refractivity contribution >= 4 is 5.91 Å². The molecule has 0 radical (unpaired) electrons. The number of fused-ring (bicyclic) bond motifs is 1. The molecule has 4 rings (SSSR count). The summed E-state index contributed by atoms with van der Waals surface area (Å²) in [6.07, 6.45) is 9.90. The zero-order valence-electron chi connectivity index (χ0n) is 14.5. The number of hydrogen-bond donors (Lipinski definition) is 0. The van der Waals surface area contributed by atoms with Gasteiger partial charge in [-0.15, -0.1) is 0 Å². The number of rotatable bonds is 2. The van der Waals surface area contributed by atoms with Gasteiger partial charge in [0.1, 0.15) is 5.56 Å². The van der Waals surface area contributed by atoms with Gasteiger partial charge in [-0.3, -0.25) is 14.2 Å². The Balaban J connectivity index is 1.82. The minimum atomic E-state index is -0.208. The maximum atomic E-state index is 13.2. The summed E-state index contributed by atoms with van der Waals surface area (Å²) in [7, 11) is 0. The molecule has 0 spiro atoms. The Hall–Kier alpha value is -2.62. The second-order valence-electron chi connectivity index (χ2n) is 6.83. The predicted molar refractivity (Wildman–Crippen MR) is 98.5 cm³/mol. The summed E-state index contributed by atoms with van der Waals surface area (Å²) >= 11 is 0. The molecule has 2 aliphatic rings. The van der Waals surface area contributed by atoms with Crippen LogP contribution in [0.3, 0.4) is 0 Å². The van der Waals surface area contributed by atoms with Gasteiger partial charge in [0.05, 0.1) is 5.69 Å². The van der Waals surface area contributed by atoms with E-state index in [1.165, 1.54) is 11.1 Å². The normalized spacial score (nSPS) is 16.1. The van der Waals surface area contributed by atoms with Crippen LogP contribution >= 0.6 is 0 Å². The smallest absolute Gasteiger partial charge is 0.268 e. The molecule has 1 amide bonds. The minimum Gasteiger partial charge on any atom is -0.334 e. The molecular weight excluding hydrogens is 312 g/mol. The number of hydrogen-bond acceptors (Lipinski definition) is 2. The lowest BCUT2D eigenvalue weighted by Gasteiger charge is -2.24. The van der Waals surface area contributed by atoms with E-state index < -0.39 is 0 Å². The van der Waals surface area contributed by atoms with Crippen molar-refractivity contribution < 1.29 is 4.79 Å². The number of benzene rings is 1. The molecule has 1 aliphatic heterocycles. The van der Waals surface area contributed by atoms with E-state index in [2.05, 4.69) is 12.1 Å². The van der Waals surface area contributed by atoms with E-state index in [0.29, 0.717) is 18.7 Å². The second-order valence-corrected chi connectivity index (χ2v) is 6.83. The lowest BCUT2D eigenvalue weighted by atomic mass is 10.1. The second kappa shape index (κ2) is 6.36. The maximum Gasteiger partial charge on any atom is 0.268 e. The molecule has 1 aliphatic carbocycles. The van der Waals surface area contributed by atoms with Crippen molar-refractivity contribution in [2.75, 3.05) is 13.1 Å². The quantitative estimate of drug-likeness (QED) is 0.792. The summed E-state index contributed by atoms with van der Waals surface area (Å²) < 4.78 is 1.66. The van der Waals surface area contributed by atoms with Crippen LogP contribution in [0.25, 0.3) is 5.69 Å². The molecule has 2 aromatic rings. The zero-order valence-corrected chi connectivity index (χ0v) is 14.5. The molecule has 0 saturated carbocycles. The number of amides is 1. The highest BCUT2D eigenvalue weighted by atomic mass is 16.2. The number of pyridine rings is 1. The molecule has 0 bridgehead atoms. The van der Waals surface area contributed by atoms with Gasteiger partial charge >= 0.3 is 0 Å². The van der Waals surface area contributed by atoms with Crippen LogP contribution in [0.2, 0.25) is 0 Å². The number of carbonyl (C=O) groups is 1. The summed E-state index contributed by atoms with van der Waals surface area (Å²) in [5.41, 5.74) is 4.32. The van der Waals surface area contributed by atoms with E-state index in [1.807, 2.05) is 31.2 Å². The maximum absolute atomic E-state index is 13.2. The molecule has 4 nitrogen and oxygen atoms in total. The number of aryl methyl sites for hydroxylation is 2. The number of aromatic nitrogens is 1. The van der Waals surface area contributed by atoms with Crippen LogP contribution in [0, 0.1) is 6.92 Å². The van der Waals surface area contributed by atoms with Gasteiger partial charge in [-0.25, -0.2) is 0 Å². The van der Waals surface area contributed by atoms with E-state index in [-0.39, 0.29) is 11.5 Å². The molecule has 2 heterocycles. The molecule has 0 saturated heterocycles. The van der Waals surface area contributed by atoms with E-state index in [1.54, 1.807) is 15.7 Å². The van der Waals surface area contributed by atoms with E-state index >= 15 is 0 Å². The summed E-state index contributed by atoms with van der Waals surface area (Å²) in [5, 5.41) is 0. The predicted octanol–water partition coefficient (Wildman–Crippen LogP) is 3.04. The van der Waals surface area contributed by atoms with Crippen LogP contribution in [0.15, 0.2) is 47.4 Å². The fraction of sp³-hybridized carbons (Fsp3) is 0.333. The van der Waals surface area contributed by atoms with Gasteiger partial charge < -0.3 is 4.90 Å². The zero-order chi connectivity index (χ0) is 17.4. The molecule has 0 fully saturated rings. The third-order valence-corrected chi connectivity index (χ3v) is 5.24. The minimum absolute atomic E-state index is 0.159. The first-order chi connectivity index (χ1) is 12.2. The molecule has 0 atom stereocenters. The van der Waals surface area contributed by atoms with Gasteiger partial charge in [-0.05, 0) is 61.4 Å². The highest BCUT2D eigenvalue weighted by Crippen LogP contribution is 2.27. The Morgan fingerprint density at radius 2 is 2.00 bits per heavy atom. The van der Waals surface area contributed by atoms with Crippen molar-refractivity contribution in [3.8, 4) is 5.69 Å². The molecule has 1 aromatic heterocycles. The monoisotopic (exact) mass is 334 g/mol. The molecule has 4 heteroatoms. The van der Waals surface area contributed by atoms with Crippen LogP contribution in [0.4, 0.5) is 0 Å². The van der Waals surface area contributed by atoms with E-state index in [0.717, 1.165) is 36.9 Å². The van der Waals surface area contributed by atoms with Gasteiger partial charge in [0, 0.05) is 19.3 Å². The van der Waals surface area contributed by atoms with E-state index in [9.17, 15) is 9.59 Å². The Labute approximate surface area is 147 Å². The summed E-state index contributed by atoms with van der Waals surface area (Å²) in [6, 6.07) is 8.00. The lowest BCUT2D eigenvalue weighted by molar-refractivity contribution is 0.0768. The van der Waals surface area contributed by atoms with Crippen molar-refractivity contribution in [1.29, 1.82) is 0 Å². The largest absolute Gasteiger partial charge is 0.334 e. The Kier molecular flexibility index (Phi) is 4.04. The standard InChI is InChI=1S/C21H22N2O2/c1-15-11-14-23(18-10-6-8-16-7-5-9-17(16)18)21(25)19(15)20(24)22-12-3-2-4-13-22/h2-3,6,8,10-11,14H,4-5,7,9,12-13H2,1H3. The van der Waals surface area contributed by atoms with Crippen LogP contribution in [-0.4, -0.2) is 28.5 Å². The van der Waals surface area contributed by atoms with Crippen molar-refractivity contribution in [2.24, 2.45) is 0 Å². The van der Waals surface area contributed by atoms with Gasteiger partial charge in [-0.1, -0.05) is 24.3 Å². The molecule has 0 N–H and O–H groups in total. The SMILES string of the molecule is Cc1ccn(-c2cccc3c2CCC3)c(=O)c1C(=O)N1CC=CCC1. The third-order valence-electron chi connectivity index (χ3n) is 5.24. The number of nitrogens with zero attached hydrogens (tertiary/aromatic N) is 2. The Morgan fingerprint density at radius 3 is 2.80 bits per heavy atom. The van der Waals surface area contributed by atoms with Crippen molar-refractivity contribution in [3.05, 3.63) is 75.2 Å². The molecule has 25 heavy (non-hydrogen) atoms. The third kappa shape index (κ3) is 2.72. The van der Waals surface area contributed by atoms with E-state index in [4.69, 9.17) is 0 Å². The fourth-order valence-corrected chi connectivity index (χ4v) is 3.89. The van der Waals surface area contributed by atoms with Crippen LogP contribution < -0.4 is 5.56 Å². The molecule has 0 unspecified atom stereocenters. The highest BCUT2D eigenvalue weighted by molar-refractivity contribution is 5.95. The first-order valence-electron chi connectivity index (χ1n) is 8.94. The Bertz CT molecular complexity index is 924. The summed E-state index contributed by atoms with van der Waals surface area (Å²) in [5.74, 6) is -0.159. The van der Waals surface area contributed by atoms with Crippen molar-refractivity contribution in [2.45, 2.75) is 32.6 Å². The first-order valence-corrected chi connectivity index (χ1v) is 8.94. The average Bonchev–Trinajstić information content (AvgIpc) is 3.11. The van der Waals surface area contributed by atoms with Gasteiger partial charge in [0.15, 0.2) is 0 Å². The molecule has 1 aromatic carbocycles. The average molecular weight is 334 g/mol. The van der Waals surface area contributed by atoms with Crippen LogP contribution in [0.1, 0.15) is 39.9 Å². The summed E-state index contributed by atoms with van der Waals surface area (Å²) in [6.45, 7) is 3.09. The van der Waals surface area contributed by atoms with Crippen molar-refractivity contribution in [3.63, 3.8) is 0 Å². The molecular formula is C21H22N2O2. The van der Waals surface area contributed by atoms with Gasteiger partial charge in [0.25, 0.3) is 11.5 Å². The lowest BCUT2D eigenvalue weighted by Crippen LogP contribution is -2.39.